The minimum absolute atomic E-state index is 0.219. The zero-order chi connectivity index (χ0) is 7.49. The van der Waals surface area contributed by atoms with Crippen molar-refractivity contribution in [2.24, 2.45) is 0 Å². The second-order valence-electron chi connectivity index (χ2n) is 3.17. The van der Waals surface area contributed by atoms with Gasteiger partial charge in [0.2, 0.25) is 0 Å². The first-order valence-corrected chi connectivity index (χ1v) is 6.67. The van der Waals surface area contributed by atoms with E-state index in [0.29, 0.717) is 0 Å². The summed E-state index contributed by atoms with van der Waals surface area (Å²) in [6.45, 7) is 12.2. The summed E-state index contributed by atoms with van der Waals surface area (Å²) in [5.41, 5.74) is 0. The van der Waals surface area contributed by atoms with Crippen LogP contribution in [0.1, 0.15) is 6.92 Å². The van der Waals surface area contributed by atoms with E-state index < -0.39 is 8.32 Å². The predicted molar refractivity (Wildman–Crippen MR) is 44.1 cm³/mol. The van der Waals surface area contributed by atoms with Crippen molar-refractivity contribution in [1.82, 2.24) is 0 Å². The lowest BCUT2D eigenvalue weighted by Gasteiger charge is -2.20. The molecule has 0 radical (unpaired) electrons. The molecule has 0 bridgehead atoms. The monoisotopic (exact) mass is 144 g/mol. The Morgan fingerprint density at radius 1 is 1.44 bits per heavy atom. The van der Waals surface area contributed by atoms with Crippen molar-refractivity contribution in [3.63, 3.8) is 0 Å². The van der Waals surface area contributed by atoms with Gasteiger partial charge in [-0.2, -0.15) is 0 Å². The average Bonchev–Trinajstić information content (AvgIpc) is 1.62. The summed E-state index contributed by atoms with van der Waals surface area (Å²) in [4.78, 5) is 0. The molecule has 2 heteroatoms. The molecule has 0 aliphatic carbocycles. The van der Waals surface area contributed by atoms with E-state index in [9.17, 15) is 0 Å². The standard InChI is InChI=1S/C7H16OSi/c1-6-7(2)8-9(3,4)5/h6-7H,1H2,2-5H3/t7-/m0/s1. The van der Waals surface area contributed by atoms with Gasteiger partial charge in [0.1, 0.15) is 0 Å². The van der Waals surface area contributed by atoms with Crippen molar-refractivity contribution in [2.75, 3.05) is 0 Å². The molecule has 9 heavy (non-hydrogen) atoms. The molecule has 0 saturated carbocycles. The van der Waals surface area contributed by atoms with Gasteiger partial charge in [0.05, 0.1) is 6.10 Å². The van der Waals surface area contributed by atoms with Gasteiger partial charge in [-0.05, 0) is 26.6 Å². The van der Waals surface area contributed by atoms with Crippen LogP contribution >= 0.6 is 0 Å². The Morgan fingerprint density at radius 2 is 1.89 bits per heavy atom. The highest BCUT2D eigenvalue weighted by atomic mass is 28.4. The van der Waals surface area contributed by atoms with Crippen LogP contribution in [0.5, 0.6) is 0 Å². The van der Waals surface area contributed by atoms with Crippen LogP contribution in [0.4, 0.5) is 0 Å². The molecule has 0 fully saturated rings. The van der Waals surface area contributed by atoms with E-state index in [1.807, 2.05) is 13.0 Å². The normalized spacial score (nSPS) is 15.1. The lowest BCUT2D eigenvalue weighted by Crippen LogP contribution is -2.29. The first-order valence-electron chi connectivity index (χ1n) is 3.26. The van der Waals surface area contributed by atoms with E-state index in [1.165, 1.54) is 0 Å². The molecule has 0 amide bonds. The van der Waals surface area contributed by atoms with Gasteiger partial charge in [-0.25, -0.2) is 0 Å². The Morgan fingerprint density at radius 3 is 2.00 bits per heavy atom. The number of hydrogen-bond donors (Lipinski definition) is 0. The molecule has 0 spiro atoms. The molecule has 54 valence electrons. The van der Waals surface area contributed by atoms with Crippen LogP contribution in [0.3, 0.4) is 0 Å². The van der Waals surface area contributed by atoms with Crippen molar-refractivity contribution >= 4 is 8.32 Å². The SMILES string of the molecule is C=C[C@H](C)O[Si](C)(C)C. The molecule has 0 aromatic heterocycles. The molecule has 0 aliphatic heterocycles. The molecular weight excluding hydrogens is 128 g/mol. The fourth-order valence-corrected chi connectivity index (χ4v) is 1.82. The summed E-state index contributed by atoms with van der Waals surface area (Å²) in [7, 11) is -1.31. The Kier molecular flexibility index (Phi) is 3.15. The van der Waals surface area contributed by atoms with Crippen molar-refractivity contribution in [2.45, 2.75) is 32.7 Å². The minimum atomic E-state index is -1.31. The van der Waals surface area contributed by atoms with Crippen LogP contribution in [0.2, 0.25) is 19.6 Å². The maximum absolute atomic E-state index is 5.61. The highest BCUT2D eigenvalue weighted by Crippen LogP contribution is 2.06. The van der Waals surface area contributed by atoms with E-state index in [0.717, 1.165) is 0 Å². The molecule has 0 aromatic carbocycles. The topological polar surface area (TPSA) is 9.23 Å². The lowest BCUT2D eigenvalue weighted by atomic mass is 10.4. The van der Waals surface area contributed by atoms with Crippen molar-refractivity contribution in [3.05, 3.63) is 12.7 Å². The summed E-state index contributed by atoms with van der Waals surface area (Å²) in [5, 5.41) is 0. The summed E-state index contributed by atoms with van der Waals surface area (Å²) >= 11 is 0. The van der Waals surface area contributed by atoms with Crippen LogP contribution in [0.15, 0.2) is 12.7 Å². The summed E-state index contributed by atoms with van der Waals surface area (Å²) in [6.07, 6.45) is 2.05. The third kappa shape index (κ3) is 5.79. The lowest BCUT2D eigenvalue weighted by molar-refractivity contribution is 0.263. The average molecular weight is 144 g/mol. The van der Waals surface area contributed by atoms with Crippen LogP contribution < -0.4 is 0 Å². The van der Waals surface area contributed by atoms with Gasteiger partial charge in [0.15, 0.2) is 8.32 Å². The van der Waals surface area contributed by atoms with Gasteiger partial charge in [-0.15, -0.1) is 6.58 Å². The van der Waals surface area contributed by atoms with Crippen LogP contribution in [-0.2, 0) is 4.43 Å². The Labute approximate surface area is 58.9 Å². The first-order chi connectivity index (χ1) is 3.95. The quantitative estimate of drug-likeness (QED) is 0.436. The number of rotatable bonds is 3. The summed E-state index contributed by atoms with van der Waals surface area (Å²) in [5.74, 6) is 0. The highest BCUT2D eigenvalue weighted by Gasteiger charge is 2.15. The minimum Gasteiger partial charge on any atom is -0.412 e. The summed E-state index contributed by atoms with van der Waals surface area (Å²) in [6, 6.07) is 0. The van der Waals surface area contributed by atoms with Crippen molar-refractivity contribution in [1.29, 1.82) is 0 Å². The molecule has 0 unspecified atom stereocenters. The van der Waals surface area contributed by atoms with E-state index in [2.05, 4.69) is 26.2 Å². The molecule has 0 rings (SSSR count). The molecular formula is C7H16OSi. The van der Waals surface area contributed by atoms with E-state index in [1.54, 1.807) is 0 Å². The van der Waals surface area contributed by atoms with Gasteiger partial charge in [0, 0.05) is 0 Å². The predicted octanol–water partition coefficient (Wildman–Crippen LogP) is 2.41. The first kappa shape index (κ1) is 8.92. The van der Waals surface area contributed by atoms with Crippen LogP contribution in [-0.4, -0.2) is 14.4 Å². The van der Waals surface area contributed by atoms with Crippen LogP contribution in [0.25, 0.3) is 0 Å². The molecule has 0 N–H and O–H groups in total. The van der Waals surface area contributed by atoms with Gasteiger partial charge >= 0.3 is 0 Å². The third-order valence-corrected chi connectivity index (χ3v) is 1.95. The largest absolute Gasteiger partial charge is 0.412 e. The maximum atomic E-state index is 5.61. The van der Waals surface area contributed by atoms with E-state index >= 15 is 0 Å². The van der Waals surface area contributed by atoms with Crippen LogP contribution in [0, 0.1) is 0 Å². The summed E-state index contributed by atoms with van der Waals surface area (Å²) < 4.78 is 5.61. The highest BCUT2D eigenvalue weighted by molar-refractivity contribution is 6.69. The zero-order valence-electron chi connectivity index (χ0n) is 6.77. The van der Waals surface area contributed by atoms with Gasteiger partial charge in [0.25, 0.3) is 0 Å². The molecule has 0 saturated heterocycles. The van der Waals surface area contributed by atoms with E-state index in [-0.39, 0.29) is 6.10 Å². The Hall–Kier alpha value is -0.0831. The molecule has 1 nitrogen and oxygen atoms in total. The third-order valence-electron chi connectivity index (χ3n) is 0.871. The molecule has 1 atom stereocenters. The smallest absolute Gasteiger partial charge is 0.184 e. The maximum Gasteiger partial charge on any atom is 0.184 e. The second-order valence-corrected chi connectivity index (χ2v) is 7.63. The second kappa shape index (κ2) is 3.18. The molecule has 0 heterocycles. The van der Waals surface area contributed by atoms with Gasteiger partial charge in [-0.3, -0.25) is 0 Å². The zero-order valence-corrected chi connectivity index (χ0v) is 7.77. The Balaban J connectivity index is 3.59. The number of hydrogen-bond acceptors (Lipinski definition) is 1. The fourth-order valence-electron chi connectivity index (χ4n) is 0.606. The molecule has 0 aliphatic rings. The van der Waals surface area contributed by atoms with Gasteiger partial charge < -0.3 is 4.43 Å². The fraction of sp³-hybridized carbons (Fsp3) is 0.714. The van der Waals surface area contributed by atoms with Crippen molar-refractivity contribution < 1.29 is 4.43 Å². The molecule has 0 aromatic rings. The Bertz CT molecular complexity index is 93.6. The van der Waals surface area contributed by atoms with Gasteiger partial charge in [-0.1, -0.05) is 6.08 Å². The van der Waals surface area contributed by atoms with Crippen molar-refractivity contribution in [3.8, 4) is 0 Å². The van der Waals surface area contributed by atoms with E-state index in [4.69, 9.17) is 4.43 Å².